The number of Topliss-reactive ketones (excluding diaryl/α,β-unsaturated/α-hetero) is 1. The minimum Gasteiger partial charge on any atom is -0.385 e. The zero-order valence-electron chi connectivity index (χ0n) is 9.42. The minimum absolute atomic E-state index is 0.179. The number of ketones is 1. The highest BCUT2D eigenvalue weighted by molar-refractivity contribution is 5.83. The number of hydrogen-bond donors (Lipinski definition) is 1. The summed E-state index contributed by atoms with van der Waals surface area (Å²) in [4.78, 5) is 11.4. The summed E-state index contributed by atoms with van der Waals surface area (Å²) in [6.45, 7) is 2.73. The van der Waals surface area contributed by atoms with Crippen LogP contribution in [0, 0.1) is 0 Å². The van der Waals surface area contributed by atoms with Crippen LogP contribution in [0.25, 0.3) is 0 Å². The van der Waals surface area contributed by atoms with Crippen LogP contribution >= 0.6 is 0 Å². The summed E-state index contributed by atoms with van der Waals surface area (Å²) < 4.78 is 4.87. The fourth-order valence-electron chi connectivity index (χ4n) is 1.32. The maximum absolute atomic E-state index is 11.4. The Labute approximate surface area is 87.0 Å². The van der Waals surface area contributed by atoms with Crippen LogP contribution in [0.5, 0.6) is 0 Å². The van der Waals surface area contributed by atoms with Gasteiger partial charge >= 0.3 is 0 Å². The first kappa shape index (κ1) is 13.6. The van der Waals surface area contributed by atoms with Crippen molar-refractivity contribution in [1.29, 1.82) is 0 Å². The maximum atomic E-state index is 11.4. The van der Waals surface area contributed by atoms with E-state index in [1.807, 2.05) is 0 Å². The van der Waals surface area contributed by atoms with E-state index < -0.39 is 0 Å². The lowest BCUT2D eigenvalue weighted by Gasteiger charge is -2.09. The SMILES string of the molecule is CCCCCCC(=O)C(N)CCOC. The molecule has 1 unspecified atom stereocenters. The van der Waals surface area contributed by atoms with Crippen molar-refractivity contribution in [3.63, 3.8) is 0 Å². The molecule has 14 heavy (non-hydrogen) atoms. The van der Waals surface area contributed by atoms with Gasteiger partial charge in [0.15, 0.2) is 0 Å². The number of carbonyl (C=O) groups excluding carboxylic acids is 1. The summed E-state index contributed by atoms with van der Waals surface area (Å²) in [7, 11) is 1.62. The Bertz CT molecular complexity index is 148. The number of methoxy groups -OCH3 is 1. The number of rotatable bonds is 9. The normalized spacial score (nSPS) is 12.8. The quantitative estimate of drug-likeness (QED) is 0.580. The van der Waals surface area contributed by atoms with Gasteiger partial charge in [-0.05, 0) is 12.8 Å². The number of nitrogens with two attached hydrogens (primary N) is 1. The predicted octanol–water partition coefficient (Wildman–Crippen LogP) is 1.89. The molecular weight excluding hydrogens is 178 g/mol. The van der Waals surface area contributed by atoms with Gasteiger partial charge in [0.2, 0.25) is 0 Å². The molecule has 0 bridgehead atoms. The van der Waals surface area contributed by atoms with Crippen molar-refractivity contribution in [2.45, 2.75) is 51.5 Å². The van der Waals surface area contributed by atoms with E-state index in [0.717, 1.165) is 12.8 Å². The number of ether oxygens (including phenoxy) is 1. The highest BCUT2D eigenvalue weighted by Crippen LogP contribution is 2.05. The molecule has 3 heteroatoms. The van der Waals surface area contributed by atoms with Crippen LogP contribution in [0.2, 0.25) is 0 Å². The van der Waals surface area contributed by atoms with Gasteiger partial charge in [-0.15, -0.1) is 0 Å². The first-order chi connectivity index (χ1) is 6.72. The summed E-state index contributed by atoms with van der Waals surface area (Å²) >= 11 is 0. The molecule has 0 aromatic heterocycles. The molecule has 0 saturated carbocycles. The standard InChI is InChI=1S/C11H23NO2/c1-3-4-5-6-7-11(13)10(12)8-9-14-2/h10H,3-9,12H2,1-2H3. The minimum atomic E-state index is -0.323. The summed E-state index contributed by atoms with van der Waals surface area (Å²) in [5, 5.41) is 0. The van der Waals surface area contributed by atoms with Gasteiger partial charge in [-0.1, -0.05) is 26.2 Å². The van der Waals surface area contributed by atoms with Crippen LogP contribution in [0.4, 0.5) is 0 Å². The summed E-state index contributed by atoms with van der Waals surface area (Å²) in [6.07, 6.45) is 5.80. The van der Waals surface area contributed by atoms with Gasteiger partial charge in [-0.25, -0.2) is 0 Å². The molecule has 0 heterocycles. The average Bonchev–Trinajstić information content (AvgIpc) is 2.20. The molecule has 84 valence electrons. The van der Waals surface area contributed by atoms with E-state index in [0.29, 0.717) is 19.4 Å². The molecule has 0 aliphatic heterocycles. The van der Waals surface area contributed by atoms with Gasteiger partial charge in [0.1, 0.15) is 5.78 Å². The Kier molecular flexibility index (Phi) is 8.89. The number of hydrogen-bond acceptors (Lipinski definition) is 3. The highest BCUT2D eigenvalue weighted by Gasteiger charge is 2.11. The summed E-state index contributed by atoms with van der Waals surface area (Å²) in [5.74, 6) is 0.179. The molecule has 0 aromatic carbocycles. The highest BCUT2D eigenvalue weighted by atomic mass is 16.5. The van der Waals surface area contributed by atoms with Gasteiger partial charge in [-0.2, -0.15) is 0 Å². The molecule has 0 rings (SSSR count). The second-order valence-corrected chi connectivity index (χ2v) is 3.66. The number of carbonyl (C=O) groups is 1. The van der Waals surface area contributed by atoms with Crippen molar-refractivity contribution in [3.05, 3.63) is 0 Å². The fourth-order valence-corrected chi connectivity index (χ4v) is 1.32. The summed E-state index contributed by atoms with van der Waals surface area (Å²) in [6, 6.07) is -0.323. The van der Waals surface area contributed by atoms with Crippen LogP contribution in [-0.2, 0) is 9.53 Å². The van der Waals surface area contributed by atoms with Crippen molar-refractivity contribution in [3.8, 4) is 0 Å². The van der Waals surface area contributed by atoms with Crippen LogP contribution in [-0.4, -0.2) is 25.5 Å². The van der Waals surface area contributed by atoms with Crippen LogP contribution in [0.15, 0.2) is 0 Å². The number of unbranched alkanes of at least 4 members (excludes halogenated alkanes) is 3. The van der Waals surface area contributed by atoms with E-state index >= 15 is 0 Å². The van der Waals surface area contributed by atoms with Gasteiger partial charge < -0.3 is 10.5 Å². The monoisotopic (exact) mass is 201 g/mol. The van der Waals surface area contributed by atoms with E-state index in [4.69, 9.17) is 10.5 Å². The molecule has 0 radical (unpaired) electrons. The largest absolute Gasteiger partial charge is 0.385 e. The third-order valence-electron chi connectivity index (χ3n) is 2.32. The molecule has 0 saturated heterocycles. The second kappa shape index (κ2) is 9.16. The molecule has 0 aromatic rings. The predicted molar refractivity (Wildman–Crippen MR) is 58.2 cm³/mol. The molecule has 0 aliphatic carbocycles. The Morgan fingerprint density at radius 1 is 1.36 bits per heavy atom. The van der Waals surface area contributed by atoms with Crippen LogP contribution in [0.3, 0.4) is 0 Å². The fraction of sp³-hybridized carbons (Fsp3) is 0.909. The van der Waals surface area contributed by atoms with Crippen molar-refractivity contribution in [2.75, 3.05) is 13.7 Å². The Balaban J connectivity index is 3.42. The molecule has 0 fully saturated rings. The Morgan fingerprint density at radius 2 is 2.07 bits per heavy atom. The average molecular weight is 201 g/mol. The molecule has 0 aliphatic rings. The topological polar surface area (TPSA) is 52.3 Å². The van der Waals surface area contributed by atoms with Gasteiger partial charge in [0.05, 0.1) is 6.04 Å². The first-order valence-electron chi connectivity index (χ1n) is 5.49. The molecule has 1 atom stereocenters. The Morgan fingerprint density at radius 3 is 2.64 bits per heavy atom. The molecule has 0 amide bonds. The van der Waals surface area contributed by atoms with Gasteiger partial charge in [0.25, 0.3) is 0 Å². The van der Waals surface area contributed by atoms with Crippen LogP contribution < -0.4 is 5.73 Å². The van der Waals surface area contributed by atoms with E-state index in [2.05, 4.69) is 6.92 Å². The third kappa shape index (κ3) is 7.04. The lowest BCUT2D eigenvalue weighted by atomic mass is 10.0. The van der Waals surface area contributed by atoms with E-state index in [-0.39, 0.29) is 11.8 Å². The van der Waals surface area contributed by atoms with Crippen molar-refractivity contribution in [2.24, 2.45) is 5.73 Å². The third-order valence-corrected chi connectivity index (χ3v) is 2.32. The van der Waals surface area contributed by atoms with E-state index in [9.17, 15) is 4.79 Å². The lowest BCUT2D eigenvalue weighted by Crippen LogP contribution is -2.31. The van der Waals surface area contributed by atoms with Crippen molar-refractivity contribution < 1.29 is 9.53 Å². The lowest BCUT2D eigenvalue weighted by molar-refractivity contribution is -0.120. The van der Waals surface area contributed by atoms with Crippen molar-refractivity contribution in [1.82, 2.24) is 0 Å². The van der Waals surface area contributed by atoms with Gasteiger partial charge in [-0.3, -0.25) is 4.79 Å². The van der Waals surface area contributed by atoms with Gasteiger partial charge in [0, 0.05) is 20.1 Å². The maximum Gasteiger partial charge on any atom is 0.149 e. The van der Waals surface area contributed by atoms with E-state index in [1.165, 1.54) is 12.8 Å². The van der Waals surface area contributed by atoms with Crippen LogP contribution in [0.1, 0.15) is 45.4 Å². The molecular formula is C11H23NO2. The zero-order chi connectivity index (χ0) is 10.8. The molecule has 2 N–H and O–H groups in total. The zero-order valence-corrected chi connectivity index (χ0v) is 9.42. The smallest absolute Gasteiger partial charge is 0.149 e. The van der Waals surface area contributed by atoms with E-state index in [1.54, 1.807) is 7.11 Å². The van der Waals surface area contributed by atoms with Crippen molar-refractivity contribution >= 4 is 5.78 Å². The molecule has 3 nitrogen and oxygen atoms in total. The molecule has 0 spiro atoms. The first-order valence-corrected chi connectivity index (χ1v) is 5.49. The Hall–Kier alpha value is -0.410. The summed E-state index contributed by atoms with van der Waals surface area (Å²) in [5.41, 5.74) is 5.69. The second-order valence-electron chi connectivity index (χ2n) is 3.66.